The van der Waals surface area contributed by atoms with Gasteiger partial charge in [0.25, 0.3) is 5.91 Å². The molecule has 3 aromatic rings. The molecular weight excluding hydrogens is 419 g/mol. The number of carbonyl (C=O) groups is 2. The predicted molar refractivity (Wildman–Crippen MR) is 116 cm³/mol. The fourth-order valence-electron chi connectivity index (χ4n) is 3.65. The normalized spacial score (nSPS) is 14.0. The van der Waals surface area contributed by atoms with Gasteiger partial charge in [0.1, 0.15) is 17.3 Å². The average molecular weight is 441 g/mol. The van der Waals surface area contributed by atoms with Gasteiger partial charge in [-0.05, 0) is 30.3 Å². The predicted octanol–water partition coefficient (Wildman–Crippen LogP) is 4.66. The van der Waals surface area contributed by atoms with Crippen LogP contribution in [0.25, 0.3) is 11.3 Å². The smallest absolute Gasteiger partial charge is 0.255 e. The summed E-state index contributed by atoms with van der Waals surface area (Å²) in [5, 5.41) is 0.0943. The molecule has 0 bridgehead atoms. The average Bonchev–Trinajstić information content (AvgIpc) is 3.27. The lowest BCUT2D eigenvalue weighted by molar-refractivity contribution is -0.132. The Bertz CT molecular complexity index is 1080. The fourth-order valence-corrected chi connectivity index (χ4v) is 3.90. The van der Waals surface area contributed by atoms with E-state index in [4.69, 9.17) is 16.0 Å². The molecule has 1 aliphatic rings. The van der Waals surface area contributed by atoms with E-state index >= 15 is 0 Å². The molecule has 1 saturated heterocycles. The highest BCUT2D eigenvalue weighted by Gasteiger charge is 2.26. The summed E-state index contributed by atoms with van der Waals surface area (Å²) in [5.41, 5.74) is 1.28. The Labute approximate surface area is 185 Å². The minimum atomic E-state index is -0.482. The number of nitrogens with zero attached hydrogens (tertiary/aromatic N) is 2. The van der Waals surface area contributed by atoms with Gasteiger partial charge in [0, 0.05) is 44.6 Å². The molecule has 1 aliphatic heterocycles. The number of furan rings is 1. The zero-order valence-electron chi connectivity index (χ0n) is 16.9. The van der Waals surface area contributed by atoms with Crippen LogP contribution in [0.4, 0.5) is 4.39 Å². The highest BCUT2D eigenvalue weighted by Crippen LogP contribution is 2.23. The Hall–Kier alpha value is -3.12. The van der Waals surface area contributed by atoms with E-state index in [0.29, 0.717) is 39.0 Å². The van der Waals surface area contributed by atoms with Crippen LogP contribution in [-0.4, -0.2) is 47.8 Å². The summed E-state index contributed by atoms with van der Waals surface area (Å²) in [4.78, 5) is 28.6. The Morgan fingerprint density at radius 3 is 2.35 bits per heavy atom. The molecule has 4 rings (SSSR count). The van der Waals surface area contributed by atoms with Crippen molar-refractivity contribution in [2.75, 3.05) is 26.2 Å². The molecule has 2 amide bonds. The van der Waals surface area contributed by atoms with E-state index in [1.165, 1.54) is 12.1 Å². The molecule has 31 heavy (non-hydrogen) atoms. The van der Waals surface area contributed by atoms with Crippen LogP contribution in [0.1, 0.15) is 22.5 Å². The van der Waals surface area contributed by atoms with E-state index in [0.717, 1.165) is 23.2 Å². The number of hydrogen-bond acceptors (Lipinski definition) is 3. The van der Waals surface area contributed by atoms with Gasteiger partial charge in [0.15, 0.2) is 0 Å². The molecule has 0 atom stereocenters. The second-order valence-corrected chi connectivity index (χ2v) is 7.84. The van der Waals surface area contributed by atoms with Gasteiger partial charge < -0.3 is 14.2 Å². The van der Waals surface area contributed by atoms with E-state index in [1.54, 1.807) is 9.80 Å². The third kappa shape index (κ3) is 4.97. The number of amides is 2. The minimum Gasteiger partial charge on any atom is -0.461 e. The summed E-state index contributed by atoms with van der Waals surface area (Å²) in [6.45, 7) is 1.74. The van der Waals surface area contributed by atoms with Crippen molar-refractivity contribution in [3.63, 3.8) is 0 Å². The van der Waals surface area contributed by atoms with Crippen LogP contribution < -0.4 is 0 Å². The first kappa shape index (κ1) is 21.1. The number of halogens is 2. The van der Waals surface area contributed by atoms with Crippen molar-refractivity contribution in [1.82, 2.24) is 9.80 Å². The minimum absolute atomic E-state index is 0.0320. The molecule has 0 radical (unpaired) electrons. The molecule has 1 fully saturated rings. The number of piperazine rings is 1. The van der Waals surface area contributed by atoms with Crippen molar-refractivity contribution in [1.29, 1.82) is 0 Å². The molecule has 2 aromatic carbocycles. The van der Waals surface area contributed by atoms with Gasteiger partial charge in [-0.2, -0.15) is 0 Å². The van der Waals surface area contributed by atoms with E-state index in [1.807, 2.05) is 42.5 Å². The van der Waals surface area contributed by atoms with Gasteiger partial charge in [0.05, 0.1) is 10.6 Å². The molecule has 7 heteroatoms. The number of carbonyl (C=O) groups excluding carboxylic acids is 2. The maximum absolute atomic E-state index is 13.2. The largest absolute Gasteiger partial charge is 0.461 e. The monoisotopic (exact) mass is 440 g/mol. The summed E-state index contributed by atoms with van der Waals surface area (Å²) in [5.74, 6) is 0.858. The molecule has 160 valence electrons. The summed E-state index contributed by atoms with van der Waals surface area (Å²) >= 11 is 6.00. The Balaban J connectivity index is 1.28. The van der Waals surface area contributed by atoms with E-state index < -0.39 is 5.82 Å². The van der Waals surface area contributed by atoms with E-state index in [9.17, 15) is 14.0 Å². The van der Waals surface area contributed by atoms with Crippen molar-refractivity contribution in [2.24, 2.45) is 0 Å². The summed E-state index contributed by atoms with van der Waals surface area (Å²) in [7, 11) is 0. The van der Waals surface area contributed by atoms with Crippen molar-refractivity contribution in [3.05, 3.63) is 82.8 Å². The van der Waals surface area contributed by atoms with Gasteiger partial charge in [0.2, 0.25) is 5.91 Å². The number of aryl methyl sites for hydroxylation is 1. The van der Waals surface area contributed by atoms with Crippen molar-refractivity contribution in [3.8, 4) is 11.3 Å². The van der Waals surface area contributed by atoms with Gasteiger partial charge in [-0.15, -0.1) is 0 Å². The van der Waals surface area contributed by atoms with Crippen molar-refractivity contribution in [2.45, 2.75) is 12.8 Å². The SMILES string of the molecule is O=C(CCc1ccc(-c2ccccc2)o1)N1CCN(C(=O)c2ccc(F)cc2Cl)CC1. The lowest BCUT2D eigenvalue weighted by atomic mass is 10.1. The highest BCUT2D eigenvalue weighted by atomic mass is 35.5. The lowest BCUT2D eigenvalue weighted by Gasteiger charge is -2.35. The maximum Gasteiger partial charge on any atom is 0.255 e. The molecule has 0 unspecified atom stereocenters. The van der Waals surface area contributed by atoms with Crippen LogP contribution in [0.5, 0.6) is 0 Å². The molecule has 5 nitrogen and oxygen atoms in total. The first-order valence-corrected chi connectivity index (χ1v) is 10.6. The summed E-state index contributed by atoms with van der Waals surface area (Å²) in [6, 6.07) is 17.4. The van der Waals surface area contributed by atoms with Crippen LogP contribution in [0.15, 0.2) is 65.1 Å². The molecule has 0 N–H and O–H groups in total. The second-order valence-electron chi connectivity index (χ2n) is 7.43. The summed E-state index contributed by atoms with van der Waals surface area (Å²) in [6.07, 6.45) is 0.871. The topological polar surface area (TPSA) is 53.8 Å². The maximum atomic E-state index is 13.2. The van der Waals surface area contributed by atoms with Crippen LogP contribution in [0.3, 0.4) is 0 Å². The second kappa shape index (κ2) is 9.35. The zero-order chi connectivity index (χ0) is 21.8. The Morgan fingerprint density at radius 2 is 1.65 bits per heavy atom. The third-order valence-corrected chi connectivity index (χ3v) is 5.70. The Morgan fingerprint density at radius 1 is 0.935 bits per heavy atom. The molecule has 1 aromatic heterocycles. The number of benzene rings is 2. The summed E-state index contributed by atoms with van der Waals surface area (Å²) < 4.78 is 19.1. The van der Waals surface area contributed by atoms with Gasteiger partial charge in [-0.25, -0.2) is 4.39 Å². The standard InChI is InChI=1S/C24H22ClFN2O3/c25-21-16-18(26)6-9-20(21)24(30)28-14-12-27(13-15-28)23(29)11-8-19-7-10-22(31-19)17-4-2-1-3-5-17/h1-7,9-10,16H,8,11-15H2. The van der Waals surface area contributed by atoms with Crippen LogP contribution in [0, 0.1) is 5.82 Å². The first-order valence-electron chi connectivity index (χ1n) is 10.2. The molecule has 2 heterocycles. The first-order chi connectivity index (χ1) is 15.0. The number of rotatable bonds is 5. The zero-order valence-corrected chi connectivity index (χ0v) is 17.6. The highest BCUT2D eigenvalue weighted by molar-refractivity contribution is 6.33. The van der Waals surface area contributed by atoms with Crippen LogP contribution in [0.2, 0.25) is 5.02 Å². The number of hydrogen-bond donors (Lipinski definition) is 0. The van der Waals surface area contributed by atoms with Crippen molar-refractivity contribution >= 4 is 23.4 Å². The van der Waals surface area contributed by atoms with Gasteiger partial charge in [-0.1, -0.05) is 41.9 Å². The lowest BCUT2D eigenvalue weighted by Crippen LogP contribution is -2.50. The molecule has 0 aliphatic carbocycles. The van der Waals surface area contributed by atoms with E-state index in [2.05, 4.69) is 0 Å². The Kier molecular flexibility index (Phi) is 6.37. The van der Waals surface area contributed by atoms with Crippen LogP contribution in [-0.2, 0) is 11.2 Å². The van der Waals surface area contributed by atoms with Gasteiger partial charge in [-0.3, -0.25) is 9.59 Å². The van der Waals surface area contributed by atoms with Gasteiger partial charge >= 0.3 is 0 Å². The molecule has 0 spiro atoms. The molecule has 0 saturated carbocycles. The van der Waals surface area contributed by atoms with Crippen molar-refractivity contribution < 1.29 is 18.4 Å². The third-order valence-electron chi connectivity index (χ3n) is 5.39. The molecular formula is C24H22ClFN2O3. The van der Waals surface area contributed by atoms with Crippen LogP contribution >= 0.6 is 11.6 Å². The fraction of sp³-hybridized carbons (Fsp3) is 0.250. The van der Waals surface area contributed by atoms with E-state index in [-0.39, 0.29) is 22.4 Å². The quantitative estimate of drug-likeness (QED) is 0.580.